The van der Waals surface area contributed by atoms with Gasteiger partial charge in [-0.1, -0.05) is 100 Å². The van der Waals surface area contributed by atoms with E-state index >= 15 is 0 Å². The first-order valence-electron chi connectivity index (χ1n) is 25.7. The lowest BCUT2D eigenvalue weighted by atomic mass is 9.87. The lowest BCUT2D eigenvalue weighted by molar-refractivity contribution is -0.156. The molecule has 0 radical (unpaired) electrons. The number of piperidine rings is 3. The molecule has 404 valence electrons. The van der Waals surface area contributed by atoms with Crippen LogP contribution in [0.1, 0.15) is 105 Å². The third-order valence-electron chi connectivity index (χ3n) is 13.7. The Morgan fingerprint density at radius 3 is 1.36 bits per heavy atom. The van der Waals surface area contributed by atoms with Gasteiger partial charge in [-0.05, 0) is 119 Å². The van der Waals surface area contributed by atoms with Gasteiger partial charge in [-0.3, -0.25) is 24.2 Å². The molecule has 4 atom stereocenters. The SMILES string of the molecule is C=CCOC(=O)N1CCC(N2C[C@H](C)CC[C@@H]2Cc2ccc(Cl)cc2)CC1.C=CCOC(=O)N1CCC(N2C[C@H](C)N(C(C)=O)C[C@@H]2Cc2ccc(Cl)cc2)CC1.CC(=O)OC(C)=O.CCN(CC)CC.Cl. The van der Waals surface area contributed by atoms with E-state index in [0.717, 1.165) is 87.2 Å². The molecule has 14 nitrogen and oxygen atoms in total. The summed E-state index contributed by atoms with van der Waals surface area (Å²) in [6.45, 7) is 32.0. The number of halogens is 3. The van der Waals surface area contributed by atoms with Crippen molar-refractivity contribution in [3.8, 4) is 0 Å². The van der Waals surface area contributed by atoms with Crippen molar-refractivity contribution < 1.29 is 38.2 Å². The lowest BCUT2D eigenvalue weighted by Crippen LogP contribution is -2.63. The fourth-order valence-corrected chi connectivity index (χ4v) is 10.2. The summed E-state index contributed by atoms with van der Waals surface area (Å²) in [6.07, 6.45) is 11.1. The normalized spacial score (nSPS) is 20.7. The first-order valence-corrected chi connectivity index (χ1v) is 26.4. The second kappa shape index (κ2) is 34.3. The van der Waals surface area contributed by atoms with Gasteiger partial charge >= 0.3 is 24.1 Å². The predicted molar refractivity (Wildman–Crippen MR) is 292 cm³/mol. The van der Waals surface area contributed by atoms with Crippen LogP contribution < -0.4 is 0 Å². The number of rotatable bonds is 13. The highest BCUT2D eigenvalue weighted by molar-refractivity contribution is 6.30. The van der Waals surface area contributed by atoms with Crippen molar-refractivity contribution in [2.24, 2.45) is 5.92 Å². The average Bonchev–Trinajstić information content (AvgIpc) is 3.35. The quantitative estimate of drug-likeness (QED) is 0.0822. The summed E-state index contributed by atoms with van der Waals surface area (Å²) in [5.74, 6) is -0.259. The molecule has 4 aliphatic heterocycles. The Hall–Kier alpha value is -4.18. The summed E-state index contributed by atoms with van der Waals surface area (Å²) in [7, 11) is 0. The van der Waals surface area contributed by atoms with E-state index in [2.05, 4.69) is 91.5 Å². The van der Waals surface area contributed by atoms with Crippen LogP contribution in [0.3, 0.4) is 0 Å². The molecule has 4 aliphatic rings. The van der Waals surface area contributed by atoms with Crippen molar-refractivity contribution in [1.29, 1.82) is 0 Å². The minimum atomic E-state index is -0.562. The zero-order valence-corrected chi connectivity index (χ0v) is 46.7. The van der Waals surface area contributed by atoms with E-state index in [1.54, 1.807) is 24.0 Å². The molecule has 0 N–H and O–H groups in total. The Morgan fingerprint density at radius 1 is 0.611 bits per heavy atom. The van der Waals surface area contributed by atoms with E-state index in [1.165, 1.54) is 57.5 Å². The zero-order valence-electron chi connectivity index (χ0n) is 44.4. The second-order valence-corrected chi connectivity index (χ2v) is 19.8. The van der Waals surface area contributed by atoms with Gasteiger partial charge in [-0.2, -0.15) is 0 Å². The fourth-order valence-electron chi connectivity index (χ4n) is 9.90. The number of hydrogen-bond acceptors (Lipinski definition) is 11. The number of carbonyl (C=O) groups excluding carboxylic acids is 5. The van der Waals surface area contributed by atoms with Gasteiger partial charge in [0.1, 0.15) is 13.2 Å². The topological polar surface area (TPSA) is 132 Å². The second-order valence-electron chi connectivity index (χ2n) is 18.9. The van der Waals surface area contributed by atoms with Crippen molar-refractivity contribution in [2.75, 3.05) is 78.7 Å². The molecule has 2 aromatic rings. The number of amides is 3. The third kappa shape index (κ3) is 22.5. The highest BCUT2D eigenvalue weighted by atomic mass is 35.5. The Balaban J connectivity index is 0.000000387. The van der Waals surface area contributed by atoms with E-state index in [1.807, 2.05) is 34.1 Å². The number of esters is 2. The Bertz CT molecular complexity index is 1920. The Labute approximate surface area is 447 Å². The molecule has 4 fully saturated rings. The van der Waals surface area contributed by atoms with E-state index in [0.29, 0.717) is 31.2 Å². The van der Waals surface area contributed by atoms with Crippen LogP contribution in [-0.4, -0.2) is 168 Å². The van der Waals surface area contributed by atoms with Gasteiger partial charge in [0.2, 0.25) is 5.91 Å². The molecule has 6 rings (SSSR count). The highest BCUT2D eigenvalue weighted by Crippen LogP contribution is 2.31. The molecule has 2 aromatic carbocycles. The van der Waals surface area contributed by atoms with Crippen molar-refractivity contribution in [3.05, 3.63) is 95.0 Å². The minimum Gasteiger partial charge on any atom is -0.445 e. The summed E-state index contributed by atoms with van der Waals surface area (Å²) in [6, 6.07) is 18.2. The largest absolute Gasteiger partial charge is 0.445 e. The van der Waals surface area contributed by atoms with Gasteiger partial charge in [0.15, 0.2) is 0 Å². The molecule has 4 heterocycles. The van der Waals surface area contributed by atoms with Crippen LogP contribution in [0.2, 0.25) is 10.0 Å². The van der Waals surface area contributed by atoms with Crippen molar-refractivity contribution >= 4 is 65.6 Å². The van der Waals surface area contributed by atoms with Gasteiger partial charge in [0.25, 0.3) is 0 Å². The molecule has 3 amide bonds. The number of likely N-dealkylation sites (tertiary alicyclic amines) is 3. The molecule has 4 saturated heterocycles. The van der Waals surface area contributed by atoms with Crippen LogP contribution in [0.25, 0.3) is 0 Å². The van der Waals surface area contributed by atoms with Gasteiger partial charge in [0.05, 0.1) is 0 Å². The van der Waals surface area contributed by atoms with Crippen molar-refractivity contribution in [2.45, 2.75) is 137 Å². The van der Waals surface area contributed by atoms with E-state index in [-0.39, 0.29) is 55.8 Å². The average molecular weight is 1060 g/mol. The number of piperazine rings is 1. The maximum atomic E-state index is 12.2. The molecule has 0 aliphatic carbocycles. The zero-order chi connectivity index (χ0) is 52.5. The number of carbonyl (C=O) groups is 5. The molecular formula is C55H85Cl3N6O8. The Kier molecular flexibility index (Phi) is 30.5. The van der Waals surface area contributed by atoms with Crippen LogP contribution in [0.5, 0.6) is 0 Å². The summed E-state index contributed by atoms with van der Waals surface area (Å²) in [4.78, 5) is 69.2. The molecule has 0 aromatic heterocycles. The summed E-state index contributed by atoms with van der Waals surface area (Å²) in [5, 5.41) is 1.53. The molecule has 0 bridgehead atoms. The van der Waals surface area contributed by atoms with Crippen molar-refractivity contribution in [1.82, 2.24) is 29.4 Å². The van der Waals surface area contributed by atoms with E-state index in [9.17, 15) is 24.0 Å². The van der Waals surface area contributed by atoms with Crippen LogP contribution in [0.4, 0.5) is 9.59 Å². The molecule has 17 heteroatoms. The number of ether oxygens (including phenoxy) is 3. The van der Waals surface area contributed by atoms with Crippen molar-refractivity contribution in [3.63, 3.8) is 0 Å². The predicted octanol–water partition coefficient (Wildman–Crippen LogP) is 10.2. The highest BCUT2D eigenvalue weighted by Gasteiger charge is 2.39. The number of benzene rings is 2. The maximum Gasteiger partial charge on any atom is 0.410 e. The lowest BCUT2D eigenvalue weighted by Gasteiger charge is -2.50. The molecular weight excluding hydrogens is 979 g/mol. The van der Waals surface area contributed by atoms with Crippen LogP contribution >= 0.6 is 35.6 Å². The number of hydrogen-bond donors (Lipinski definition) is 0. The first kappa shape index (κ1) is 63.9. The molecule has 72 heavy (non-hydrogen) atoms. The maximum absolute atomic E-state index is 12.2. The molecule has 0 spiro atoms. The molecule has 0 unspecified atom stereocenters. The van der Waals surface area contributed by atoms with Gasteiger partial charge in [-0.15, -0.1) is 12.4 Å². The van der Waals surface area contributed by atoms with Crippen LogP contribution in [-0.2, 0) is 41.4 Å². The summed E-state index contributed by atoms with van der Waals surface area (Å²) >= 11 is 12.1. The smallest absolute Gasteiger partial charge is 0.410 e. The fraction of sp³-hybridized carbons (Fsp3) is 0.618. The van der Waals surface area contributed by atoms with Crippen LogP contribution in [0.15, 0.2) is 73.8 Å². The standard InChI is InChI=1S/C23H32ClN3O3.C22H31ClN2O2.C6H15N.C4H6O3.ClH/c1-4-13-30-23(29)25-11-9-21(10-12-25)27-15-17(2)26(18(3)28)16-22(27)14-19-5-7-20(24)8-6-19;1-3-14-27-22(26)24-12-10-20(11-13-24)25-16-17(2)4-9-21(25)15-18-5-7-19(23)8-6-18;1-4-7(5-2)6-3;1-3(5)7-4(2)6;/h4-8,17,21-22H,1,9-16H2,2-3H3;3,5-8,17,20-21H,1,4,9-16H2,2H3;4-6H2,1-3H3;1-2H3;1H/t17-,22-;17-,21-;;;/m01.../s1. The van der Waals surface area contributed by atoms with Gasteiger partial charge in [0, 0.05) is 107 Å². The summed E-state index contributed by atoms with van der Waals surface area (Å²) in [5.41, 5.74) is 2.58. The van der Waals surface area contributed by atoms with E-state index < -0.39 is 11.9 Å². The number of nitrogens with zero attached hydrogens (tertiary/aromatic N) is 6. The van der Waals surface area contributed by atoms with Crippen LogP contribution in [0, 0.1) is 5.92 Å². The van der Waals surface area contributed by atoms with Gasteiger partial charge in [-0.25, -0.2) is 9.59 Å². The first-order chi connectivity index (χ1) is 33.9. The van der Waals surface area contributed by atoms with E-state index in [4.69, 9.17) is 32.7 Å². The monoisotopic (exact) mass is 1060 g/mol. The third-order valence-corrected chi connectivity index (χ3v) is 14.2. The Morgan fingerprint density at radius 2 is 1.01 bits per heavy atom. The summed E-state index contributed by atoms with van der Waals surface area (Å²) < 4.78 is 14.3. The minimum absolute atomic E-state index is 0. The molecule has 0 saturated carbocycles. The van der Waals surface area contributed by atoms with Gasteiger partial charge < -0.3 is 33.8 Å².